The Morgan fingerprint density at radius 3 is 2.00 bits per heavy atom. The quantitative estimate of drug-likeness (QED) is 0.572. The van der Waals surface area contributed by atoms with Crippen LogP contribution in [0, 0.1) is 0 Å². The van der Waals surface area contributed by atoms with Crippen LogP contribution < -0.4 is 0 Å². The lowest BCUT2D eigenvalue weighted by molar-refractivity contribution is 0.0329. The standard InChI is InChI=1S/C6H13OS/c1-5(2)7-6(3)4-8/h5-6H,4H2,1-3H3. The van der Waals surface area contributed by atoms with Gasteiger partial charge in [0.25, 0.3) is 0 Å². The van der Waals surface area contributed by atoms with E-state index in [1.165, 1.54) is 0 Å². The Morgan fingerprint density at radius 1 is 1.38 bits per heavy atom. The van der Waals surface area contributed by atoms with Crippen LogP contribution in [0.25, 0.3) is 0 Å². The summed E-state index contributed by atoms with van der Waals surface area (Å²) in [6.45, 7) is 6.02. The smallest absolute Gasteiger partial charge is 0.0649 e. The van der Waals surface area contributed by atoms with Gasteiger partial charge in [-0.15, -0.1) is 0 Å². The van der Waals surface area contributed by atoms with Crippen LogP contribution in [0.3, 0.4) is 0 Å². The first-order chi connectivity index (χ1) is 3.66. The summed E-state index contributed by atoms with van der Waals surface area (Å²) < 4.78 is 5.30. The molecular formula is C6H13OS. The van der Waals surface area contributed by atoms with Crippen molar-refractivity contribution >= 4 is 12.6 Å². The van der Waals surface area contributed by atoms with E-state index < -0.39 is 0 Å². The van der Waals surface area contributed by atoms with Gasteiger partial charge >= 0.3 is 0 Å². The van der Waals surface area contributed by atoms with Crippen molar-refractivity contribution in [1.29, 1.82) is 0 Å². The molecule has 0 aromatic heterocycles. The molecule has 1 atom stereocenters. The fourth-order valence-electron chi connectivity index (χ4n) is 0.504. The lowest BCUT2D eigenvalue weighted by Gasteiger charge is -2.12. The molecule has 0 saturated carbocycles. The molecule has 8 heavy (non-hydrogen) atoms. The number of hydrogen-bond acceptors (Lipinski definition) is 1. The van der Waals surface area contributed by atoms with Crippen molar-refractivity contribution in [2.75, 3.05) is 5.75 Å². The molecule has 0 bridgehead atoms. The molecule has 49 valence electrons. The SMILES string of the molecule is CC(C)OC(C)C[S]. The minimum absolute atomic E-state index is 0.241. The highest BCUT2D eigenvalue weighted by molar-refractivity contribution is 7.80. The van der Waals surface area contributed by atoms with Crippen molar-refractivity contribution in [3.63, 3.8) is 0 Å². The van der Waals surface area contributed by atoms with Crippen molar-refractivity contribution in [2.45, 2.75) is 33.0 Å². The topological polar surface area (TPSA) is 9.23 Å². The van der Waals surface area contributed by atoms with E-state index in [-0.39, 0.29) is 6.10 Å². The number of hydrogen-bond donors (Lipinski definition) is 0. The predicted molar refractivity (Wildman–Crippen MR) is 38.1 cm³/mol. The van der Waals surface area contributed by atoms with E-state index in [0.29, 0.717) is 11.9 Å². The van der Waals surface area contributed by atoms with E-state index in [1.807, 2.05) is 20.8 Å². The van der Waals surface area contributed by atoms with Crippen LogP contribution in [0.5, 0.6) is 0 Å². The van der Waals surface area contributed by atoms with Gasteiger partial charge in [0.1, 0.15) is 0 Å². The molecule has 0 aromatic rings. The maximum Gasteiger partial charge on any atom is 0.0649 e. The fraction of sp³-hybridized carbons (Fsp3) is 1.00. The van der Waals surface area contributed by atoms with Gasteiger partial charge in [-0.2, -0.15) is 0 Å². The molecule has 0 heterocycles. The Labute approximate surface area is 56.8 Å². The van der Waals surface area contributed by atoms with Crippen LogP contribution in [0.4, 0.5) is 0 Å². The lowest BCUT2D eigenvalue weighted by atomic mass is 10.4. The normalized spacial score (nSPS) is 14.6. The van der Waals surface area contributed by atoms with Crippen molar-refractivity contribution < 1.29 is 4.74 Å². The van der Waals surface area contributed by atoms with Crippen molar-refractivity contribution in [3.8, 4) is 0 Å². The zero-order valence-electron chi connectivity index (χ0n) is 5.68. The molecule has 0 aromatic carbocycles. The second-order valence-electron chi connectivity index (χ2n) is 2.16. The maximum absolute atomic E-state index is 5.30. The highest BCUT2D eigenvalue weighted by atomic mass is 32.1. The Kier molecular flexibility index (Phi) is 4.38. The highest BCUT2D eigenvalue weighted by Crippen LogP contribution is 1.97. The van der Waals surface area contributed by atoms with Gasteiger partial charge in [0, 0.05) is 5.75 Å². The largest absolute Gasteiger partial charge is 0.375 e. The zero-order valence-corrected chi connectivity index (χ0v) is 6.49. The third-order valence-electron chi connectivity index (χ3n) is 0.739. The average molecular weight is 133 g/mol. The van der Waals surface area contributed by atoms with Gasteiger partial charge in [-0.3, -0.25) is 0 Å². The molecular weight excluding hydrogens is 120 g/mol. The van der Waals surface area contributed by atoms with Crippen LogP contribution >= 0.6 is 12.6 Å². The average Bonchev–Trinajstić information content (AvgIpc) is 1.65. The predicted octanol–water partition coefficient (Wildman–Crippen LogP) is 2.00. The molecule has 2 heteroatoms. The molecule has 1 nitrogen and oxygen atoms in total. The third kappa shape index (κ3) is 4.47. The van der Waals surface area contributed by atoms with Gasteiger partial charge in [0.15, 0.2) is 0 Å². The molecule has 0 amide bonds. The molecule has 1 unspecified atom stereocenters. The third-order valence-corrected chi connectivity index (χ3v) is 1.21. The van der Waals surface area contributed by atoms with Crippen LogP contribution in [-0.4, -0.2) is 18.0 Å². The summed E-state index contributed by atoms with van der Waals surface area (Å²) in [5.41, 5.74) is 0. The monoisotopic (exact) mass is 133 g/mol. The second kappa shape index (κ2) is 4.21. The molecule has 1 radical (unpaired) electrons. The van der Waals surface area contributed by atoms with Gasteiger partial charge in [-0.05, 0) is 20.8 Å². The van der Waals surface area contributed by atoms with E-state index in [4.69, 9.17) is 17.4 Å². The second-order valence-corrected chi connectivity index (χ2v) is 2.50. The molecule has 0 spiro atoms. The van der Waals surface area contributed by atoms with E-state index in [9.17, 15) is 0 Å². The molecule has 0 fully saturated rings. The Hall–Kier alpha value is 0.310. The van der Waals surface area contributed by atoms with Gasteiger partial charge in [0.2, 0.25) is 0 Å². The van der Waals surface area contributed by atoms with Crippen LogP contribution in [-0.2, 0) is 4.74 Å². The van der Waals surface area contributed by atoms with Crippen molar-refractivity contribution in [1.82, 2.24) is 0 Å². The minimum atomic E-state index is 0.241. The summed E-state index contributed by atoms with van der Waals surface area (Å²) in [6.07, 6.45) is 0.554. The summed E-state index contributed by atoms with van der Waals surface area (Å²) in [4.78, 5) is 0. The van der Waals surface area contributed by atoms with Gasteiger partial charge in [0.05, 0.1) is 12.2 Å². The van der Waals surface area contributed by atoms with Crippen molar-refractivity contribution in [2.24, 2.45) is 0 Å². The number of ether oxygens (including phenoxy) is 1. The highest BCUT2D eigenvalue weighted by Gasteiger charge is 2.00. The van der Waals surface area contributed by atoms with Gasteiger partial charge in [-0.25, -0.2) is 0 Å². The summed E-state index contributed by atoms with van der Waals surface area (Å²) in [7, 11) is 0. The van der Waals surface area contributed by atoms with E-state index in [1.54, 1.807) is 0 Å². The van der Waals surface area contributed by atoms with E-state index >= 15 is 0 Å². The van der Waals surface area contributed by atoms with E-state index in [2.05, 4.69) is 0 Å². The fourth-order valence-corrected chi connectivity index (χ4v) is 0.582. The molecule has 0 aliphatic carbocycles. The molecule has 0 saturated heterocycles. The van der Waals surface area contributed by atoms with Crippen LogP contribution in [0.1, 0.15) is 20.8 Å². The summed E-state index contributed by atoms with van der Waals surface area (Å²) in [6, 6.07) is 0. The maximum atomic E-state index is 5.30. The van der Waals surface area contributed by atoms with Crippen LogP contribution in [0.15, 0.2) is 0 Å². The lowest BCUT2D eigenvalue weighted by Crippen LogP contribution is -2.15. The first kappa shape index (κ1) is 8.31. The summed E-state index contributed by atoms with van der Waals surface area (Å²) in [5, 5.41) is 0. The van der Waals surface area contributed by atoms with Gasteiger partial charge < -0.3 is 4.74 Å². The van der Waals surface area contributed by atoms with Crippen LogP contribution in [0.2, 0.25) is 0 Å². The minimum Gasteiger partial charge on any atom is -0.375 e. The molecule has 0 rings (SSSR count). The first-order valence-corrected chi connectivity index (χ1v) is 3.48. The zero-order chi connectivity index (χ0) is 6.57. The number of rotatable bonds is 3. The Balaban J connectivity index is 3.10. The van der Waals surface area contributed by atoms with E-state index in [0.717, 1.165) is 0 Å². The molecule has 0 aliphatic heterocycles. The Bertz CT molecular complexity index is 54.5. The van der Waals surface area contributed by atoms with Gasteiger partial charge in [-0.1, -0.05) is 12.6 Å². The first-order valence-electron chi connectivity index (χ1n) is 2.90. The Morgan fingerprint density at radius 2 is 1.88 bits per heavy atom. The summed E-state index contributed by atoms with van der Waals surface area (Å²) >= 11 is 4.77. The summed E-state index contributed by atoms with van der Waals surface area (Å²) in [5.74, 6) is 0.693. The van der Waals surface area contributed by atoms with Crippen molar-refractivity contribution in [3.05, 3.63) is 0 Å². The molecule has 0 aliphatic rings. The molecule has 0 N–H and O–H groups in total.